The Kier molecular flexibility index (Phi) is 5.54. The van der Waals surface area contributed by atoms with Crippen molar-refractivity contribution < 1.29 is 9.53 Å². The molecule has 7 heteroatoms. The first-order valence-electron chi connectivity index (χ1n) is 8.71. The molecule has 3 rings (SSSR count). The molecule has 2 aliphatic rings. The first kappa shape index (κ1) is 18.1. The molecule has 0 bridgehead atoms. The molecule has 2 heterocycles. The van der Waals surface area contributed by atoms with Crippen LogP contribution < -0.4 is 10.3 Å². The van der Waals surface area contributed by atoms with E-state index in [-0.39, 0.29) is 17.7 Å². The number of hydrazone groups is 1. The monoisotopic (exact) mass is 362 g/mol. The molecule has 1 aliphatic heterocycles. The Morgan fingerprint density at radius 1 is 1.40 bits per heavy atom. The molecule has 25 heavy (non-hydrogen) atoms. The number of nitrogens with one attached hydrogen (secondary N) is 1. The predicted molar refractivity (Wildman–Crippen MR) is 101 cm³/mol. The van der Waals surface area contributed by atoms with Gasteiger partial charge in [-0.2, -0.15) is 5.10 Å². The molecule has 0 unspecified atom stereocenters. The summed E-state index contributed by atoms with van der Waals surface area (Å²) in [7, 11) is 0. The zero-order chi connectivity index (χ0) is 17.9. The zero-order valence-electron chi connectivity index (χ0n) is 15.2. The number of hydrogen-bond acceptors (Lipinski definition) is 6. The zero-order valence-corrected chi connectivity index (χ0v) is 16.0. The fraction of sp³-hybridized carbons (Fsp3) is 0.611. The number of nitrogens with zero attached hydrogens (tertiary/aromatic N) is 3. The molecule has 1 amide bonds. The number of allylic oxidation sites excluding steroid dienone is 2. The summed E-state index contributed by atoms with van der Waals surface area (Å²) < 4.78 is 5.36. The first-order valence-corrected chi connectivity index (χ1v) is 9.59. The van der Waals surface area contributed by atoms with Crippen molar-refractivity contribution in [3.63, 3.8) is 0 Å². The third-order valence-corrected chi connectivity index (χ3v) is 5.27. The Hall–Kier alpha value is -1.73. The molecular weight excluding hydrogens is 336 g/mol. The number of rotatable bonds is 4. The molecule has 1 saturated heterocycles. The summed E-state index contributed by atoms with van der Waals surface area (Å²) in [6.45, 7) is 9.74. The van der Waals surface area contributed by atoms with Gasteiger partial charge in [0, 0.05) is 18.5 Å². The Balaban J connectivity index is 1.55. The van der Waals surface area contributed by atoms with Crippen LogP contribution in [-0.2, 0) is 16.0 Å². The number of carbonyl (C=O) groups excluding carboxylic acids is 1. The van der Waals surface area contributed by atoms with Crippen LogP contribution in [0.4, 0.5) is 5.13 Å². The lowest BCUT2D eigenvalue weighted by atomic mass is 9.77. The summed E-state index contributed by atoms with van der Waals surface area (Å²) in [4.78, 5) is 18.9. The average Bonchev–Trinajstić information content (AvgIpc) is 3.00. The second-order valence-electron chi connectivity index (χ2n) is 7.54. The number of ether oxygens (including phenoxy) is 1. The van der Waals surface area contributed by atoms with Gasteiger partial charge in [-0.3, -0.25) is 4.79 Å². The molecule has 0 aromatic carbocycles. The van der Waals surface area contributed by atoms with Crippen LogP contribution in [0.5, 0.6) is 0 Å². The van der Waals surface area contributed by atoms with E-state index in [0.29, 0.717) is 0 Å². The number of amides is 1. The first-order chi connectivity index (χ1) is 11.9. The van der Waals surface area contributed by atoms with Crippen LogP contribution in [0.3, 0.4) is 0 Å². The van der Waals surface area contributed by atoms with E-state index in [0.717, 1.165) is 55.7 Å². The van der Waals surface area contributed by atoms with Gasteiger partial charge in [0.1, 0.15) is 0 Å². The van der Waals surface area contributed by atoms with Crippen molar-refractivity contribution in [2.45, 2.75) is 40.0 Å². The molecular formula is C18H26N4O2S. The van der Waals surface area contributed by atoms with Gasteiger partial charge in [-0.15, -0.1) is 11.3 Å². The van der Waals surface area contributed by atoms with Crippen molar-refractivity contribution in [1.29, 1.82) is 0 Å². The fourth-order valence-corrected chi connectivity index (χ4v) is 4.26. The highest BCUT2D eigenvalue weighted by molar-refractivity contribution is 7.13. The Morgan fingerprint density at radius 3 is 2.88 bits per heavy atom. The molecule has 0 spiro atoms. The van der Waals surface area contributed by atoms with Gasteiger partial charge in [0.05, 0.1) is 31.0 Å². The van der Waals surface area contributed by atoms with Gasteiger partial charge in [-0.25, -0.2) is 10.4 Å². The van der Waals surface area contributed by atoms with E-state index < -0.39 is 0 Å². The summed E-state index contributed by atoms with van der Waals surface area (Å²) in [5.41, 5.74) is 5.92. The third kappa shape index (κ3) is 5.12. The van der Waals surface area contributed by atoms with E-state index in [9.17, 15) is 4.79 Å². The molecule has 1 aromatic heterocycles. The van der Waals surface area contributed by atoms with Gasteiger partial charge in [0.25, 0.3) is 0 Å². The minimum absolute atomic E-state index is 0.124. The largest absolute Gasteiger partial charge is 0.378 e. The van der Waals surface area contributed by atoms with Gasteiger partial charge >= 0.3 is 0 Å². The van der Waals surface area contributed by atoms with Crippen LogP contribution in [0.1, 0.15) is 39.3 Å². The standard InChI is InChI=1S/C18H26N4O2S/c1-13-8-14(11-18(2,3)10-13)20-21-16(23)9-15-12-25-17(19-15)22-4-6-24-7-5-22/h8,12H,4-7,9-11H2,1-3H3,(H,21,23). The van der Waals surface area contributed by atoms with E-state index in [1.165, 1.54) is 5.57 Å². The van der Waals surface area contributed by atoms with Crippen molar-refractivity contribution in [2.75, 3.05) is 31.2 Å². The molecule has 1 aliphatic carbocycles. The average molecular weight is 362 g/mol. The minimum Gasteiger partial charge on any atom is -0.378 e. The van der Waals surface area contributed by atoms with Crippen molar-refractivity contribution in [3.8, 4) is 0 Å². The van der Waals surface area contributed by atoms with Crippen LogP contribution in [0.25, 0.3) is 0 Å². The van der Waals surface area contributed by atoms with E-state index in [1.807, 2.05) is 5.38 Å². The van der Waals surface area contributed by atoms with Crippen molar-refractivity contribution in [2.24, 2.45) is 10.5 Å². The minimum atomic E-state index is -0.124. The molecule has 0 atom stereocenters. The number of thiazole rings is 1. The summed E-state index contributed by atoms with van der Waals surface area (Å²) in [6, 6.07) is 0. The van der Waals surface area contributed by atoms with Crippen LogP contribution in [0.15, 0.2) is 22.1 Å². The van der Waals surface area contributed by atoms with Crippen LogP contribution in [0, 0.1) is 5.41 Å². The lowest BCUT2D eigenvalue weighted by Crippen LogP contribution is -2.36. The summed E-state index contributed by atoms with van der Waals surface area (Å²) in [6.07, 6.45) is 4.28. The van der Waals surface area contributed by atoms with Crippen LogP contribution in [0.2, 0.25) is 0 Å². The SMILES string of the molecule is CC1=CC(=NNC(=O)Cc2csc(N3CCOCC3)n2)CC(C)(C)C1. The number of carbonyl (C=O) groups is 1. The van der Waals surface area contributed by atoms with E-state index in [4.69, 9.17) is 4.74 Å². The second kappa shape index (κ2) is 7.66. The molecule has 0 saturated carbocycles. The van der Waals surface area contributed by atoms with Crippen LogP contribution in [-0.4, -0.2) is 42.9 Å². The van der Waals surface area contributed by atoms with Crippen molar-refractivity contribution in [3.05, 3.63) is 22.7 Å². The molecule has 0 radical (unpaired) electrons. The summed E-state index contributed by atoms with van der Waals surface area (Å²) in [5.74, 6) is -0.124. The number of morpholine rings is 1. The topological polar surface area (TPSA) is 66.8 Å². The Morgan fingerprint density at radius 2 is 2.16 bits per heavy atom. The lowest BCUT2D eigenvalue weighted by molar-refractivity contribution is -0.120. The number of anilines is 1. The quantitative estimate of drug-likeness (QED) is 0.837. The second-order valence-corrected chi connectivity index (χ2v) is 8.38. The third-order valence-electron chi connectivity index (χ3n) is 4.32. The maximum absolute atomic E-state index is 12.2. The highest BCUT2D eigenvalue weighted by atomic mass is 32.1. The molecule has 1 aromatic rings. The fourth-order valence-electron chi connectivity index (χ4n) is 3.38. The predicted octanol–water partition coefficient (Wildman–Crippen LogP) is 2.76. The number of hydrogen-bond donors (Lipinski definition) is 1. The molecule has 1 N–H and O–H groups in total. The smallest absolute Gasteiger partial charge is 0.246 e. The van der Waals surface area contributed by atoms with Gasteiger partial charge in [-0.05, 0) is 31.3 Å². The number of aromatic nitrogens is 1. The molecule has 136 valence electrons. The van der Waals surface area contributed by atoms with Crippen LogP contribution >= 0.6 is 11.3 Å². The van der Waals surface area contributed by atoms with Gasteiger partial charge in [0.2, 0.25) is 5.91 Å². The van der Waals surface area contributed by atoms with Gasteiger partial charge in [0.15, 0.2) is 5.13 Å². The van der Waals surface area contributed by atoms with Crippen molar-refractivity contribution >= 4 is 28.1 Å². The maximum Gasteiger partial charge on any atom is 0.246 e. The van der Waals surface area contributed by atoms with E-state index in [2.05, 4.69) is 47.3 Å². The highest BCUT2D eigenvalue weighted by Gasteiger charge is 2.24. The van der Waals surface area contributed by atoms with E-state index >= 15 is 0 Å². The van der Waals surface area contributed by atoms with E-state index in [1.54, 1.807) is 11.3 Å². The highest BCUT2D eigenvalue weighted by Crippen LogP contribution is 2.33. The summed E-state index contributed by atoms with van der Waals surface area (Å²) >= 11 is 1.58. The molecule has 6 nitrogen and oxygen atoms in total. The summed E-state index contributed by atoms with van der Waals surface area (Å²) in [5, 5.41) is 7.22. The van der Waals surface area contributed by atoms with Gasteiger partial charge < -0.3 is 9.64 Å². The maximum atomic E-state index is 12.2. The Labute approximate surface area is 153 Å². The van der Waals surface area contributed by atoms with Crippen molar-refractivity contribution in [1.82, 2.24) is 10.4 Å². The molecule has 1 fully saturated rings. The normalized spacial score (nSPS) is 22.0. The van der Waals surface area contributed by atoms with Gasteiger partial charge in [-0.1, -0.05) is 19.4 Å². The lowest BCUT2D eigenvalue weighted by Gasteiger charge is -2.29. The Bertz CT molecular complexity index is 687.